The van der Waals surface area contributed by atoms with Gasteiger partial charge in [-0.15, -0.1) is 0 Å². The molecule has 0 radical (unpaired) electrons. The van der Waals surface area contributed by atoms with Crippen molar-refractivity contribution >= 4 is 23.6 Å². The summed E-state index contributed by atoms with van der Waals surface area (Å²) in [5.41, 5.74) is 6.14. The maximum absolute atomic E-state index is 12.8. The number of carbonyl (C=O) groups excluding carboxylic acids is 3. The fourth-order valence-electron chi connectivity index (χ4n) is 3.34. The zero-order valence-electron chi connectivity index (χ0n) is 21.0. The summed E-state index contributed by atoms with van der Waals surface area (Å²) in [5, 5.41) is 6.12. The second-order valence-corrected chi connectivity index (χ2v) is 9.16. The average Bonchev–Trinajstić information content (AvgIpc) is 2.73. The van der Waals surface area contributed by atoms with Crippen LogP contribution in [0.5, 0.6) is 0 Å². The van der Waals surface area contributed by atoms with Crippen molar-refractivity contribution < 1.29 is 23.9 Å². The SMILES string of the molecule is CCC(CC(C)NC(=O)c1ccc(C(N)=O)c(NCCCOC)c1)N(C)C(=O)OC(C)(C)C. The van der Waals surface area contributed by atoms with Crippen LogP contribution in [0.3, 0.4) is 0 Å². The van der Waals surface area contributed by atoms with Gasteiger partial charge in [-0.25, -0.2) is 4.79 Å². The van der Waals surface area contributed by atoms with Gasteiger partial charge in [0, 0.05) is 50.6 Å². The summed E-state index contributed by atoms with van der Waals surface area (Å²) in [7, 11) is 3.33. The van der Waals surface area contributed by atoms with Gasteiger partial charge in [0.05, 0.1) is 5.56 Å². The molecule has 1 aromatic carbocycles. The first-order valence-electron chi connectivity index (χ1n) is 11.3. The lowest BCUT2D eigenvalue weighted by atomic mass is 10.0. The van der Waals surface area contributed by atoms with Gasteiger partial charge in [-0.3, -0.25) is 9.59 Å². The van der Waals surface area contributed by atoms with E-state index in [1.807, 2.05) is 34.6 Å². The summed E-state index contributed by atoms with van der Waals surface area (Å²) in [6.07, 6.45) is 1.64. The van der Waals surface area contributed by atoms with Crippen LogP contribution in [0.15, 0.2) is 18.2 Å². The molecule has 2 unspecified atom stereocenters. The zero-order valence-corrected chi connectivity index (χ0v) is 21.0. The lowest BCUT2D eigenvalue weighted by Gasteiger charge is -2.31. The summed E-state index contributed by atoms with van der Waals surface area (Å²) in [5.74, 6) is -0.839. The van der Waals surface area contributed by atoms with Gasteiger partial charge >= 0.3 is 6.09 Å². The van der Waals surface area contributed by atoms with Crippen molar-refractivity contribution in [2.75, 3.05) is 32.6 Å². The molecule has 4 N–H and O–H groups in total. The highest BCUT2D eigenvalue weighted by Crippen LogP contribution is 2.19. The van der Waals surface area contributed by atoms with Crippen LogP contribution in [0.25, 0.3) is 0 Å². The third-order valence-electron chi connectivity index (χ3n) is 5.09. The van der Waals surface area contributed by atoms with Gasteiger partial charge in [0.1, 0.15) is 5.60 Å². The second-order valence-electron chi connectivity index (χ2n) is 9.16. The number of amides is 3. The molecular weight excluding hydrogens is 424 g/mol. The Bertz CT molecular complexity index is 807. The number of carbonyl (C=O) groups is 3. The predicted octanol–water partition coefficient (Wildman–Crippen LogP) is 3.39. The maximum atomic E-state index is 12.8. The third kappa shape index (κ3) is 9.69. The standard InChI is InChI=1S/C24H40N4O5/c1-8-18(28(6)23(31)33-24(3,4)5)14-16(2)27-22(30)17-10-11-19(21(25)29)20(15-17)26-12-9-13-32-7/h10-11,15-16,18,26H,8-9,12-14H2,1-7H3,(H2,25,29)(H,27,30). The van der Waals surface area contributed by atoms with Crippen molar-refractivity contribution in [3.05, 3.63) is 29.3 Å². The average molecular weight is 465 g/mol. The fraction of sp³-hybridized carbons (Fsp3) is 0.625. The first-order chi connectivity index (χ1) is 15.4. The van der Waals surface area contributed by atoms with Gasteiger partial charge in [0.2, 0.25) is 0 Å². The van der Waals surface area contributed by atoms with Crippen LogP contribution in [-0.2, 0) is 9.47 Å². The number of hydrogen-bond acceptors (Lipinski definition) is 6. The van der Waals surface area contributed by atoms with E-state index >= 15 is 0 Å². The summed E-state index contributed by atoms with van der Waals surface area (Å²) >= 11 is 0. The largest absolute Gasteiger partial charge is 0.444 e. The maximum Gasteiger partial charge on any atom is 0.410 e. The van der Waals surface area contributed by atoms with Crippen LogP contribution in [0.2, 0.25) is 0 Å². The Morgan fingerprint density at radius 2 is 1.88 bits per heavy atom. The van der Waals surface area contributed by atoms with Crippen molar-refractivity contribution in [2.45, 2.75) is 71.6 Å². The molecule has 0 aromatic heterocycles. The minimum atomic E-state index is -0.574. The Labute approximate surface area is 197 Å². The minimum absolute atomic E-state index is 0.0922. The van der Waals surface area contributed by atoms with Gasteiger partial charge in [0.25, 0.3) is 11.8 Å². The van der Waals surface area contributed by atoms with Gasteiger partial charge in [-0.1, -0.05) is 6.92 Å². The van der Waals surface area contributed by atoms with E-state index in [2.05, 4.69) is 10.6 Å². The molecule has 0 saturated heterocycles. The molecule has 2 atom stereocenters. The first-order valence-corrected chi connectivity index (χ1v) is 11.3. The third-order valence-corrected chi connectivity index (χ3v) is 5.09. The number of nitrogens with one attached hydrogen (secondary N) is 2. The number of benzene rings is 1. The van der Waals surface area contributed by atoms with Crippen molar-refractivity contribution in [1.82, 2.24) is 10.2 Å². The number of nitrogens with two attached hydrogens (primary N) is 1. The number of hydrogen-bond donors (Lipinski definition) is 3. The molecule has 9 nitrogen and oxygen atoms in total. The highest BCUT2D eigenvalue weighted by Gasteiger charge is 2.26. The van der Waals surface area contributed by atoms with Crippen molar-refractivity contribution in [3.8, 4) is 0 Å². The van der Waals surface area contributed by atoms with E-state index in [0.29, 0.717) is 36.4 Å². The summed E-state index contributed by atoms with van der Waals surface area (Å²) in [4.78, 5) is 38.6. The molecule has 33 heavy (non-hydrogen) atoms. The van der Waals surface area contributed by atoms with Crippen LogP contribution in [0.4, 0.5) is 10.5 Å². The first kappa shape index (κ1) is 28.2. The normalized spacial score (nSPS) is 13.1. The Balaban J connectivity index is 2.83. The minimum Gasteiger partial charge on any atom is -0.444 e. The highest BCUT2D eigenvalue weighted by molar-refractivity contribution is 6.02. The quantitative estimate of drug-likeness (QED) is 0.408. The van der Waals surface area contributed by atoms with E-state index in [9.17, 15) is 14.4 Å². The van der Waals surface area contributed by atoms with Crippen molar-refractivity contribution in [2.24, 2.45) is 5.73 Å². The van der Waals surface area contributed by atoms with Gasteiger partial charge in [-0.05, 0) is 65.2 Å². The smallest absolute Gasteiger partial charge is 0.410 e. The number of ether oxygens (including phenoxy) is 2. The van der Waals surface area contributed by atoms with E-state index in [1.165, 1.54) is 0 Å². The fourth-order valence-corrected chi connectivity index (χ4v) is 3.34. The summed E-state index contributed by atoms with van der Waals surface area (Å²) in [6.45, 7) is 10.5. The Hall–Kier alpha value is -2.81. The molecule has 0 saturated carbocycles. The number of methoxy groups -OCH3 is 1. The van der Waals surface area contributed by atoms with Crippen LogP contribution in [-0.4, -0.2) is 67.8 Å². The Morgan fingerprint density at radius 1 is 1.21 bits per heavy atom. The molecule has 0 spiro atoms. The van der Waals surface area contributed by atoms with Gasteiger partial charge < -0.3 is 30.7 Å². The van der Waals surface area contributed by atoms with E-state index in [0.717, 1.165) is 12.8 Å². The molecule has 0 heterocycles. The molecule has 0 aliphatic rings. The molecule has 0 aliphatic carbocycles. The van der Waals surface area contributed by atoms with E-state index in [1.54, 1.807) is 37.3 Å². The van der Waals surface area contributed by atoms with Crippen LogP contribution in [0, 0.1) is 0 Å². The zero-order chi connectivity index (χ0) is 25.2. The molecule has 186 valence electrons. The van der Waals surface area contributed by atoms with Crippen molar-refractivity contribution in [1.29, 1.82) is 0 Å². The van der Waals surface area contributed by atoms with Gasteiger partial charge in [-0.2, -0.15) is 0 Å². The molecule has 9 heteroatoms. The van der Waals surface area contributed by atoms with Crippen LogP contribution in [0.1, 0.15) is 74.6 Å². The summed E-state index contributed by atoms with van der Waals surface area (Å²) in [6, 6.07) is 4.46. The van der Waals surface area contributed by atoms with E-state index in [-0.39, 0.29) is 24.1 Å². The summed E-state index contributed by atoms with van der Waals surface area (Å²) < 4.78 is 10.5. The van der Waals surface area contributed by atoms with Crippen molar-refractivity contribution in [3.63, 3.8) is 0 Å². The Morgan fingerprint density at radius 3 is 2.42 bits per heavy atom. The van der Waals surface area contributed by atoms with E-state index in [4.69, 9.17) is 15.2 Å². The van der Waals surface area contributed by atoms with Crippen LogP contribution < -0.4 is 16.4 Å². The van der Waals surface area contributed by atoms with Gasteiger partial charge in [0.15, 0.2) is 0 Å². The molecule has 0 fully saturated rings. The number of primary amides is 1. The number of nitrogens with zero attached hydrogens (tertiary/aromatic N) is 1. The molecule has 3 amide bonds. The monoisotopic (exact) mass is 464 g/mol. The molecule has 1 rings (SSSR count). The number of anilines is 1. The van der Waals surface area contributed by atoms with E-state index < -0.39 is 11.5 Å². The predicted molar refractivity (Wildman–Crippen MR) is 130 cm³/mol. The molecule has 1 aromatic rings. The highest BCUT2D eigenvalue weighted by atomic mass is 16.6. The molecule has 0 aliphatic heterocycles. The lowest BCUT2D eigenvalue weighted by molar-refractivity contribution is 0.0204. The Kier molecular flexibility index (Phi) is 11.1. The molecule has 0 bridgehead atoms. The number of rotatable bonds is 12. The topological polar surface area (TPSA) is 123 Å². The van der Waals surface area contributed by atoms with Crippen LogP contribution >= 0.6 is 0 Å². The second kappa shape index (κ2) is 13.0. The molecular formula is C24H40N4O5. The lowest BCUT2D eigenvalue weighted by Crippen LogP contribution is -2.44.